The minimum atomic E-state index is -4.90. The molecule has 0 atom stereocenters. The van der Waals surface area contributed by atoms with Gasteiger partial charge in [-0.2, -0.15) is 32.2 Å². The van der Waals surface area contributed by atoms with Gasteiger partial charge in [0, 0.05) is 21.8 Å². The van der Waals surface area contributed by atoms with Gasteiger partial charge in [-0.05, 0) is 90.3 Å². The summed E-state index contributed by atoms with van der Waals surface area (Å²) in [4.78, 5) is 10.0. The highest BCUT2D eigenvalue weighted by molar-refractivity contribution is 7.86. The number of fused-ring (bicyclic) bond motifs is 2. The highest BCUT2D eigenvalue weighted by Crippen LogP contribution is 2.43. The van der Waals surface area contributed by atoms with Crippen LogP contribution in [0.4, 0.5) is 39.8 Å². The van der Waals surface area contributed by atoms with E-state index in [1.54, 1.807) is 24.3 Å². The molecule has 0 radical (unpaired) electrons. The van der Waals surface area contributed by atoms with Crippen molar-refractivity contribution in [2.45, 2.75) is 9.79 Å². The van der Waals surface area contributed by atoms with Crippen molar-refractivity contribution < 1.29 is 46.1 Å². The molecule has 0 fully saturated rings. The van der Waals surface area contributed by atoms with Crippen LogP contribution in [0, 0.1) is 0 Å². The van der Waals surface area contributed by atoms with Gasteiger partial charge in [-0.1, -0.05) is 12.1 Å². The molecule has 7 N–H and O–H groups in total. The first-order valence-electron chi connectivity index (χ1n) is 14.6. The maximum atomic E-state index is 12.2. The van der Waals surface area contributed by atoms with E-state index < -0.39 is 53.2 Å². The van der Waals surface area contributed by atoms with Crippen molar-refractivity contribution in [1.29, 1.82) is 0 Å². The maximum absolute atomic E-state index is 12.2. The van der Waals surface area contributed by atoms with Crippen molar-refractivity contribution in [2.75, 3.05) is 5.73 Å². The van der Waals surface area contributed by atoms with E-state index in [1.807, 2.05) is 0 Å². The molecule has 0 aliphatic carbocycles. The zero-order valence-corrected chi connectivity index (χ0v) is 27.7. The molecular weight excluding hydrogens is 719 g/mol. The van der Waals surface area contributed by atoms with Crippen LogP contribution in [0.5, 0.6) is 11.5 Å². The largest absolute Gasteiger partial charge is 0.507 e. The summed E-state index contributed by atoms with van der Waals surface area (Å²) in [7, 11) is -9.56. The fourth-order valence-corrected chi connectivity index (χ4v) is 6.12. The van der Waals surface area contributed by atoms with Gasteiger partial charge in [0.2, 0.25) is 0 Å². The molecule has 0 aromatic heterocycles. The third-order valence-electron chi connectivity index (χ3n) is 7.47. The van der Waals surface area contributed by atoms with Gasteiger partial charge in [-0.3, -0.25) is 9.11 Å². The lowest BCUT2D eigenvalue weighted by atomic mass is 10.1. The Bertz CT molecular complexity index is 2750. The fraction of sp³-hybridized carbons (Fsp3) is 0. The molecule has 0 bridgehead atoms. The van der Waals surface area contributed by atoms with Gasteiger partial charge in [-0.15, -0.1) is 15.3 Å². The predicted octanol–water partition coefficient (Wildman–Crippen LogP) is 8.42. The summed E-state index contributed by atoms with van der Waals surface area (Å²) < 4.78 is 68.1. The Morgan fingerprint density at radius 1 is 0.577 bits per heavy atom. The molecule has 17 nitrogen and oxygen atoms in total. The number of aromatic hydroxyl groups is 2. The van der Waals surface area contributed by atoms with E-state index >= 15 is 0 Å². The molecule has 52 heavy (non-hydrogen) atoms. The van der Waals surface area contributed by atoms with Crippen molar-refractivity contribution in [1.82, 2.24) is 0 Å². The maximum Gasteiger partial charge on any atom is 0.339 e. The second kappa shape index (κ2) is 13.6. The average molecular weight is 742 g/mol. The van der Waals surface area contributed by atoms with Crippen molar-refractivity contribution in [3.8, 4) is 11.5 Å². The summed E-state index contributed by atoms with van der Waals surface area (Å²) in [6, 6.07) is 21.7. The SMILES string of the molecule is Nc1ccc2cc(S(=O)(=O)O)c(N=Nc3ccc(N=Nc4ccc(N=Nc5ccc(O)c(C(=O)O)c5)cc4)c4cc(S(=O)(=O)O)ccc34)c(O)c2c1. The Balaban J connectivity index is 1.35. The van der Waals surface area contributed by atoms with Gasteiger partial charge in [0.05, 0.1) is 33.3 Å². The van der Waals surface area contributed by atoms with E-state index in [0.717, 1.165) is 24.3 Å². The summed E-state index contributed by atoms with van der Waals surface area (Å²) in [5.74, 6) is -2.36. The molecule has 0 aliphatic rings. The van der Waals surface area contributed by atoms with Crippen LogP contribution in [0.15, 0.2) is 138 Å². The number of phenols is 2. The second-order valence-electron chi connectivity index (χ2n) is 10.9. The number of hydrogen-bond acceptors (Lipinski definition) is 14. The molecule has 0 unspecified atom stereocenters. The Kier molecular flexibility index (Phi) is 9.17. The number of aromatic carboxylic acids is 1. The summed E-state index contributed by atoms with van der Waals surface area (Å²) in [6.45, 7) is 0. The van der Waals surface area contributed by atoms with Gasteiger partial charge in [0.1, 0.15) is 21.9 Å². The van der Waals surface area contributed by atoms with Crippen molar-refractivity contribution >= 4 is 87.6 Å². The number of carboxylic acid groups (broad SMARTS) is 1. The third-order valence-corrected chi connectivity index (χ3v) is 9.18. The van der Waals surface area contributed by atoms with Gasteiger partial charge in [0.15, 0.2) is 5.75 Å². The van der Waals surface area contributed by atoms with Crippen LogP contribution in [0.1, 0.15) is 10.4 Å². The minimum absolute atomic E-state index is 0.0583. The average Bonchev–Trinajstić information content (AvgIpc) is 3.09. The molecule has 0 amide bonds. The molecule has 0 aliphatic heterocycles. The number of carbonyl (C=O) groups is 1. The van der Waals surface area contributed by atoms with E-state index in [4.69, 9.17) is 10.8 Å². The number of hydrogen-bond donors (Lipinski definition) is 6. The quantitative estimate of drug-likeness (QED) is 0.0464. The normalized spacial score (nSPS) is 12.5. The Morgan fingerprint density at radius 2 is 1.17 bits per heavy atom. The molecular formula is C33H23N7O10S2. The standard InChI is InChI=1S/C33H23N7O10S2/c34-18-2-1-17-13-30(52(48,49)50)31(32(42)24(17)14-18)40-39-27-10-11-28(25-16-22(51(45,46)47)8-9-23(25)27)38-36-20-5-3-19(4-6-20)35-37-21-7-12-29(41)26(15-21)33(43)44/h1-16,41-42H,34H2,(H,43,44)(H,45,46,47)(H,48,49,50). The molecule has 0 spiro atoms. The van der Waals surface area contributed by atoms with Gasteiger partial charge in [-0.25, -0.2) is 4.79 Å². The number of nitrogens with zero attached hydrogens (tertiary/aromatic N) is 6. The summed E-state index contributed by atoms with van der Waals surface area (Å²) >= 11 is 0. The second-order valence-corrected chi connectivity index (χ2v) is 13.7. The van der Waals surface area contributed by atoms with Crippen LogP contribution >= 0.6 is 0 Å². The molecule has 6 aromatic carbocycles. The van der Waals surface area contributed by atoms with E-state index in [1.165, 1.54) is 48.5 Å². The molecule has 6 aromatic rings. The monoisotopic (exact) mass is 741 g/mol. The molecule has 0 heterocycles. The number of nitrogens with two attached hydrogens (primary N) is 1. The van der Waals surface area contributed by atoms with Crippen LogP contribution in [0.3, 0.4) is 0 Å². The zero-order valence-electron chi connectivity index (χ0n) is 26.1. The Labute approximate surface area is 293 Å². The van der Waals surface area contributed by atoms with Crippen LogP contribution in [-0.2, 0) is 20.2 Å². The molecule has 0 saturated carbocycles. The summed E-state index contributed by atoms with van der Waals surface area (Å²) in [5.41, 5.74) is 6.27. The molecule has 0 saturated heterocycles. The lowest BCUT2D eigenvalue weighted by Crippen LogP contribution is -1.99. The summed E-state index contributed by atoms with van der Waals surface area (Å²) in [5, 5.41) is 55.0. The number of benzene rings is 6. The third kappa shape index (κ3) is 7.41. The van der Waals surface area contributed by atoms with Crippen LogP contribution < -0.4 is 5.73 Å². The lowest BCUT2D eigenvalue weighted by Gasteiger charge is -2.10. The minimum Gasteiger partial charge on any atom is -0.507 e. The van der Waals surface area contributed by atoms with Crippen molar-refractivity contribution in [3.05, 3.63) is 103 Å². The van der Waals surface area contributed by atoms with Crippen LogP contribution in [0.2, 0.25) is 0 Å². The van der Waals surface area contributed by atoms with Crippen molar-refractivity contribution in [2.24, 2.45) is 30.7 Å². The molecule has 6 rings (SSSR count). The highest BCUT2D eigenvalue weighted by Gasteiger charge is 2.22. The first-order valence-corrected chi connectivity index (χ1v) is 17.4. The number of anilines is 1. The first kappa shape index (κ1) is 35.2. The van der Waals surface area contributed by atoms with E-state index in [2.05, 4.69) is 30.7 Å². The van der Waals surface area contributed by atoms with Gasteiger partial charge >= 0.3 is 5.97 Å². The summed E-state index contributed by atoms with van der Waals surface area (Å²) in [6.07, 6.45) is 0. The van der Waals surface area contributed by atoms with Crippen LogP contribution in [0.25, 0.3) is 21.5 Å². The number of phenolic OH excluding ortho intramolecular Hbond substituents is 1. The molecule has 19 heteroatoms. The Morgan fingerprint density at radius 3 is 1.81 bits per heavy atom. The van der Waals surface area contributed by atoms with Gasteiger partial charge in [0.25, 0.3) is 20.2 Å². The zero-order chi connectivity index (χ0) is 37.4. The van der Waals surface area contributed by atoms with Crippen molar-refractivity contribution in [3.63, 3.8) is 0 Å². The van der Waals surface area contributed by atoms with E-state index in [-0.39, 0.29) is 49.9 Å². The van der Waals surface area contributed by atoms with Gasteiger partial charge < -0.3 is 21.1 Å². The molecule has 262 valence electrons. The lowest BCUT2D eigenvalue weighted by molar-refractivity contribution is 0.0693. The van der Waals surface area contributed by atoms with E-state index in [9.17, 15) is 40.9 Å². The number of azo groups is 3. The van der Waals surface area contributed by atoms with Crippen LogP contribution in [-0.4, -0.2) is 47.2 Å². The topological polar surface area (TPSA) is 287 Å². The number of carboxylic acids is 1. The number of rotatable bonds is 9. The Hall–Kier alpha value is -6.67. The fourth-order valence-electron chi connectivity index (χ4n) is 4.96. The first-order chi connectivity index (χ1) is 24.6. The van der Waals surface area contributed by atoms with E-state index in [0.29, 0.717) is 11.4 Å². The highest BCUT2D eigenvalue weighted by atomic mass is 32.2. The predicted molar refractivity (Wildman–Crippen MR) is 188 cm³/mol. The smallest absolute Gasteiger partial charge is 0.339 e. The number of nitrogen functional groups attached to an aromatic ring is 1.